The second-order valence-electron chi connectivity index (χ2n) is 11.1. The van der Waals surface area contributed by atoms with Crippen LogP contribution in [-0.4, -0.2) is 45.3 Å². The Hall–Kier alpha value is -4.94. The van der Waals surface area contributed by atoms with Gasteiger partial charge in [-0.25, -0.2) is 28.8 Å². The number of carboxylic acids is 1. The zero-order valence-electron chi connectivity index (χ0n) is 26.0. The third-order valence-corrected chi connectivity index (χ3v) is 7.78. The van der Waals surface area contributed by atoms with Crippen molar-refractivity contribution in [3.05, 3.63) is 88.0 Å². The fourth-order valence-electron chi connectivity index (χ4n) is 4.83. The molecule has 1 unspecified atom stereocenters. The van der Waals surface area contributed by atoms with E-state index in [2.05, 4.69) is 9.97 Å². The van der Waals surface area contributed by atoms with Crippen LogP contribution in [0.5, 0.6) is 23.1 Å². The predicted molar refractivity (Wildman–Crippen MR) is 175 cm³/mol. The van der Waals surface area contributed by atoms with Gasteiger partial charge in [-0.2, -0.15) is 0 Å². The number of amides is 2. The molecule has 2 fully saturated rings. The molecule has 0 spiro atoms. The second-order valence-corrected chi connectivity index (χ2v) is 12.0. The van der Waals surface area contributed by atoms with Crippen molar-refractivity contribution in [3.8, 4) is 23.1 Å². The molecular weight excluding hydrogens is 668 g/mol. The van der Waals surface area contributed by atoms with E-state index in [1.54, 1.807) is 56.3 Å². The highest BCUT2D eigenvalue weighted by Gasteiger charge is 2.40. The summed E-state index contributed by atoms with van der Waals surface area (Å²) in [6.07, 6.45) is 3.59. The molecule has 1 saturated carbocycles. The maximum absolute atomic E-state index is 14.3. The van der Waals surface area contributed by atoms with Gasteiger partial charge in [-0.05, 0) is 101 Å². The van der Waals surface area contributed by atoms with Crippen LogP contribution in [0.25, 0.3) is 11.0 Å². The molecule has 3 aromatic carbocycles. The fraction of sp³-hybridized carbons (Fsp3) is 0.265. The summed E-state index contributed by atoms with van der Waals surface area (Å²) in [6.45, 7) is 4.73. The number of hydrogen-bond acceptors (Lipinski definition) is 9. The minimum atomic E-state index is -1.03. The molecular formula is C34H30Cl2FN3O8. The number of carboxylic acid groups (broad SMARTS) is 1. The molecule has 2 aliphatic rings. The van der Waals surface area contributed by atoms with E-state index in [0.717, 1.165) is 31.7 Å². The highest BCUT2D eigenvalue weighted by molar-refractivity contribution is 6.32. The number of aliphatic carboxylic acids is 1. The molecule has 0 bridgehead atoms. The number of rotatable bonds is 8. The minimum absolute atomic E-state index is 0.00962. The largest absolute Gasteiger partial charge is 0.489 e. The monoisotopic (exact) mass is 697 g/mol. The van der Waals surface area contributed by atoms with Gasteiger partial charge < -0.3 is 24.1 Å². The molecule has 4 aromatic rings. The summed E-state index contributed by atoms with van der Waals surface area (Å²) in [5.74, 6) is -1.03. The molecule has 11 nitrogen and oxygen atoms in total. The Kier molecular flexibility index (Phi) is 10.7. The van der Waals surface area contributed by atoms with Crippen LogP contribution in [0.3, 0.4) is 0 Å². The standard InChI is InChI=1S/C17H17ClFNO4.C17H13ClN2O4/c1-9(2)15-16(21)20(17(22)24-15)13-8-14(11(18)7-12(13)19)23-10-5-3-4-6-10;1-10(17(21)22)23-12-3-5-13(6-4-12)24-16-9-19-15-8-11(18)2-7-14(15)20-16/h7-8,10H,3-6H2,1-2H3;2-10H,1H3,(H,21,22). The Morgan fingerprint density at radius 3 is 2.35 bits per heavy atom. The summed E-state index contributed by atoms with van der Waals surface area (Å²) < 4.78 is 36.0. The molecule has 1 atom stereocenters. The molecule has 48 heavy (non-hydrogen) atoms. The zero-order valence-corrected chi connectivity index (χ0v) is 27.5. The number of aromatic nitrogens is 2. The Labute approximate surface area is 284 Å². The number of carbonyl (C=O) groups is 3. The number of fused-ring (bicyclic) bond motifs is 1. The van der Waals surface area contributed by atoms with Crippen LogP contribution >= 0.6 is 23.2 Å². The first-order chi connectivity index (χ1) is 22.9. The van der Waals surface area contributed by atoms with Gasteiger partial charge in [-0.15, -0.1) is 0 Å². The number of cyclic esters (lactones) is 1. The summed E-state index contributed by atoms with van der Waals surface area (Å²) in [7, 11) is 0. The Morgan fingerprint density at radius 1 is 1.02 bits per heavy atom. The van der Waals surface area contributed by atoms with Gasteiger partial charge in [0, 0.05) is 11.1 Å². The van der Waals surface area contributed by atoms with E-state index in [-0.39, 0.29) is 28.3 Å². The van der Waals surface area contributed by atoms with Crippen LogP contribution in [0.1, 0.15) is 46.5 Å². The summed E-state index contributed by atoms with van der Waals surface area (Å²) in [4.78, 5) is 44.4. The van der Waals surface area contributed by atoms with E-state index in [9.17, 15) is 18.8 Å². The molecule has 0 radical (unpaired) electrons. The molecule has 2 heterocycles. The first-order valence-corrected chi connectivity index (χ1v) is 15.6. The summed E-state index contributed by atoms with van der Waals surface area (Å²) in [6, 6.07) is 14.1. The zero-order chi connectivity index (χ0) is 34.5. The number of benzene rings is 3. The summed E-state index contributed by atoms with van der Waals surface area (Å²) >= 11 is 12.0. The van der Waals surface area contributed by atoms with Gasteiger partial charge in [0.1, 0.15) is 23.1 Å². The van der Waals surface area contributed by atoms with Gasteiger partial charge in [0.15, 0.2) is 11.9 Å². The number of carbonyl (C=O) groups excluding carboxylic acids is 2. The highest BCUT2D eigenvalue weighted by atomic mass is 35.5. The third-order valence-electron chi connectivity index (χ3n) is 7.25. The number of halogens is 3. The van der Waals surface area contributed by atoms with Crippen molar-refractivity contribution in [2.45, 2.75) is 58.7 Å². The van der Waals surface area contributed by atoms with E-state index in [1.165, 1.54) is 19.2 Å². The third kappa shape index (κ3) is 8.12. The second kappa shape index (κ2) is 14.9. The van der Waals surface area contributed by atoms with Crippen LogP contribution in [0.2, 0.25) is 10.0 Å². The molecule has 1 aliphatic heterocycles. The van der Waals surface area contributed by atoms with Crippen molar-refractivity contribution in [1.82, 2.24) is 9.97 Å². The quantitative estimate of drug-likeness (QED) is 0.178. The van der Waals surface area contributed by atoms with Crippen molar-refractivity contribution in [2.75, 3.05) is 4.90 Å². The van der Waals surface area contributed by atoms with E-state index >= 15 is 0 Å². The first-order valence-electron chi connectivity index (χ1n) is 14.9. The lowest BCUT2D eigenvalue weighted by atomic mass is 10.2. The van der Waals surface area contributed by atoms with Gasteiger partial charge in [0.25, 0.3) is 0 Å². The number of nitrogens with zero attached hydrogens (tertiary/aromatic N) is 3. The molecule has 6 rings (SSSR count). The van der Waals surface area contributed by atoms with E-state index in [4.69, 9.17) is 47.3 Å². The molecule has 2 amide bonds. The van der Waals surface area contributed by atoms with Crippen molar-refractivity contribution in [3.63, 3.8) is 0 Å². The number of imide groups is 1. The number of ether oxygens (including phenoxy) is 4. The van der Waals surface area contributed by atoms with Crippen molar-refractivity contribution >= 4 is 57.9 Å². The van der Waals surface area contributed by atoms with Crippen LogP contribution in [-0.2, 0) is 14.3 Å². The average Bonchev–Trinajstić information content (AvgIpc) is 3.67. The maximum Gasteiger partial charge on any atom is 0.427 e. The number of allylic oxidation sites excluding steroid dienone is 1. The van der Waals surface area contributed by atoms with E-state index in [0.29, 0.717) is 43.9 Å². The molecule has 1 aromatic heterocycles. The van der Waals surface area contributed by atoms with Crippen LogP contribution in [0.15, 0.2) is 72.1 Å². The Balaban J connectivity index is 0.000000188. The smallest absolute Gasteiger partial charge is 0.427 e. The van der Waals surface area contributed by atoms with Crippen molar-refractivity contribution in [1.29, 1.82) is 0 Å². The van der Waals surface area contributed by atoms with Crippen molar-refractivity contribution < 1.29 is 42.8 Å². The fourth-order valence-corrected chi connectivity index (χ4v) is 5.19. The molecule has 14 heteroatoms. The minimum Gasteiger partial charge on any atom is -0.489 e. The van der Waals surface area contributed by atoms with Crippen molar-refractivity contribution in [2.24, 2.45) is 0 Å². The SMILES string of the molecule is CC(C)=C1OC(=O)N(c2cc(OC3CCCC3)c(Cl)cc2F)C1=O.CC(Oc1ccc(Oc2cnc3cc(Cl)ccc3n2)cc1)C(=O)O. The van der Waals surface area contributed by atoms with Crippen LogP contribution < -0.4 is 19.1 Å². The predicted octanol–water partition coefficient (Wildman–Crippen LogP) is 8.51. The summed E-state index contributed by atoms with van der Waals surface area (Å²) in [5, 5.41) is 9.52. The summed E-state index contributed by atoms with van der Waals surface area (Å²) in [5.41, 5.74) is 1.67. The van der Waals surface area contributed by atoms with E-state index in [1.807, 2.05) is 0 Å². The lowest BCUT2D eigenvalue weighted by molar-refractivity contribution is -0.144. The van der Waals surface area contributed by atoms with Gasteiger partial charge in [0.2, 0.25) is 5.88 Å². The average molecular weight is 699 g/mol. The topological polar surface area (TPSA) is 137 Å². The van der Waals surface area contributed by atoms with Gasteiger partial charge >= 0.3 is 18.0 Å². The first kappa shape index (κ1) is 34.4. The maximum atomic E-state index is 14.3. The van der Waals surface area contributed by atoms with Gasteiger partial charge in [0.05, 0.1) is 34.0 Å². The number of anilines is 1. The van der Waals surface area contributed by atoms with Gasteiger partial charge in [-0.1, -0.05) is 23.2 Å². The molecule has 1 N–H and O–H groups in total. The Morgan fingerprint density at radius 2 is 1.71 bits per heavy atom. The molecule has 250 valence electrons. The Bertz CT molecular complexity index is 1890. The highest BCUT2D eigenvalue weighted by Crippen LogP contribution is 2.37. The molecule has 1 aliphatic carbocycles. The van der Waals surface area contributed by atoms with Gasteiger partial charge in [-0.3, -0.25) is 4.79 Å². The normalized spacial score (nSPS) is 15.1. The van der Waals surface area contributed by atoms with Crippen LogP contribution in [0, 0.1) is 5.82 Å². The lowest BCUT2D eigenvalue weighted by Gasteiger charge is -2.18. The lowest BCUT2D eigenvalue weighted by Crippen LogP contribution is -2.29. The molecule has 1 saturated heterocycles. The number of hydrogen-bond donors (Lipinski definition) is 1. The van der Waals surface area contributed by atoms with E-state index < -0.39 is 29.9 Å². The van der Waals surface area contributed by atoms with Crippen LogP contribution in [0.4, 0.5) is 14.9 Å².